The SMILES string of the molecule is CCCCCC(C)NC(=O)C(C)(C(C)C)C(C)C. The predicted molar refractivity (Wildman–Crippen MR) is 79.5 cm³/mol. The molecule has 1 amide bonds. The van der Waals surface area contributed by atoms with Crippen LogP contribution in [0.1, 0.15) is 74.1 Å². The predicted octanol–water partition coefficient (Wildman–Crippen LogP) is 4.39. The van der Waals surface area contributed by atoms with Crippen molar-refractivity contribution in [3.05, 3.63) is 0 Å². The number of hydrogen-bond donors (Lipinski definition) is 1. The van der Waals surface area contributed by atoms with Crippen molar-refractivity contribution in [3.8, 4) is 0 Å². The molecule has 1 N–H and O–H groups in total. The molecule has 0 aliphatic carbocycles. The Morgan fingerprint density at radius 1 is 1.06 bits per heavy atom. The quantitative estimate of drug-likeness (QED) is 0.640. The molecule has 0 spiro atoms. The summed E-state index contributed by atoms with van der Waals surface area (Å²) in [5, 5.41) is 3.20. The lowest BCUT2D eigenvalue weighted by atomic mass is 9.69. The number of amides is 1. The minimum atomic E-state index is -0.265. The van der Waals surface area contributed by atoms with Crippen LogP contribution in [0.3, 0.4) is 0 Å². The Bertz CT molecular complexity index is 237. The van der Waals surface area contributed by atoms with Crippen LogP contribution in [0.2, 0.25) is 0 Å². The van der Waals surface area contributed by atoms with Gasteiger partial charge in [-0.25, -0.2) is 0 Å². The third-order valence-corrected chi connectivity index (χ3v) is 4.51. The van der Waals surface area contributed by atoms with Crippen molar-refractivity contribution in [3.63, 3.8) is 0 Å². The highest BCUT2D eigenvalue weighted by Crippen LogP contribution is 2.35. The van der Waals surface area contributed by atoms with Gasteiger partial charge in [0.15, 0.2) is 0 Å². The van der Waals surface area contributed by atoms with Crippen LogP contribution in [0.25, 0.3) is 0 Å². The summed E-state index contributed by atoms with van der Waals surface area (Å²) in [5.74, 6) is 0.942. The number of nitrogens with one attached hydrogen (secondary N) is 1. The molecule has 0 radical (unpaired) electrons. The standard InChI is InChI=1S/C16H33NO/c1-8-9-10-11-14(6)17-15(18)16(7,12(2)3)13(4)5/h12-14H,8-11H2,1-7H3,(H,17,18). The Hall–Kier alpha value is -0.530. The molecule has 1 atom stereocenters. The first-order valence-corrected chi connectivity index (χ1v) is 7.57. The van der Waals surface area contributed by atoms with Crippen molar-refractivity contribution in [1.29, 1.82) is 0 Å². The maximum atomic E-state index is 12.5. The van der Waals surface area contributed by atoms with Crippen LogP contribution >= 0.6 is 0 Å². The van der Waals surface area contributed by atoms with Crippen LogP contribution in [0.5, 0.6) is 0 Å². The zero-order valence-corrected chi connectivity index (χ0v) is 13.5. The van der Waals surface area contributed by atoms with E-state index in [0.29, 0.717) is 17.9 Å². The number of hydrogen-bond acceptors (Lipinski definition) is 1. The zero-order valence-electron chi connectivity index (χ0n) is 13.5. The zero-order chi connectivity index (χ0) is 14.3. The lowest BCUT2D eigenvalue weighted by molar-refractivity contribution is -0.136. The molecule has 1 unspecified atom stereocenters. The van der Waals surface area contributed by atoms with Gasteiger partial charge in [-0.2, -0.15) is 0 Å². The second-order valence-corrected chi connectivity index (χ2v) is 6.46. The van der Waals surface area contributed by atoms with E-state index in [9.17, 15) is 4.79 Å². The Kier molecular flexibility index (Phi) is 7.58. The summed E-state index contributed by atoms with van der Waals surface area (Å²) in [6.07, 6.45) is 4.78. The van der Waals surface area contributed by atoms with Gasteiger partial charge in [-0.05, 0) is 25.2 Å². The van der Waals surface area contributed by atoms with Gasteiger partial charge in [-0.3, -0.25) is 4.79 Å². The molecule has 2 nitrogen and oxygen atoms in total. The molecule has 108 valence electrons. The van der Waals surface area contributed by atoms with Crippen molar-refractivity contribution >= 4 is 5.91 Å². The molecule has 0 aromatic carbocycles. The maximum absolute atomic E-state index is 12.5. The Morgan fingerprint density at radius 3 is 1.94 bits per heavy atom. The van der Waals surface area contributed by atoms with Gasteiger partial charge < -0.3 is 5.32 Å². The van der Waals surface area contributed by atoms with E-state index >= 15 is 0 Å². The summed E-state index contributed by atoms with van der Waals surface area (Å²) < 4.78 is 0. The summed E-state index contributed by atoms with van der Waals surface area (Å²) >= 11 is 0. The minimum absolute atomic E-state index is 0.219. The van der Waals surface area contributed by atoms with E-state index in [0.717, 1.165) is 6.42 Å². The van der Waals surface area contributed by atoms with E-state index in [1.807, 2.05) is 0 Å². The summed E-state index contributed by atoms with van der Waals surface area (Å²) in [5.41, 5.74) is -0.265. The lowest BCUT2D eigenvalue weighted by Gasteiger charge is -2.37. The molecule has 0 aliphatic heterocycles. The Morgan fingerprint density at radius 2 is 1.56 bits per heavy atom. The molecular formula is C16H33NO. The normalized spacial score (nSPS) is 14.1. The smallest absolute Gasteiger partial charge is 0.226 e. The molecule has 0 saturated carbocycles. The monoisotopic (exact) mass is 255 g/mol. The number of carbonyl (C=O) groups excluding carboxylic acids is 1. The highest BCUT2D eigenvalue weighted by Gasteiger charge is 2.39. The van der Waals surface area contributed by atoms with E-state index in [2.05, 4.69) is 53.8 Å². The average molecular weight is 255 g/mol. The second kappa shape index (κ2) is 7.81. The van der Waals surface area contributed by atoms with Crippen molar-refractivity contribution < 1.29 is 4.79 Å². The van der Waals surface area contributed by atoms with E-state index in [1.54, 1.807) is 0 Å². The fourth-order valence-corrected chi connectivity index (χ4v) is 2.34. The molecule has 0 aliphatic rings. The largest absolute Gasteiger partial charge is 0.353 e. The average Bonchev–Trinajstić information content (AvgIpc) is 2.27. The van der Waals surface area contributed by atoms with E-state index in [1.165, 1.54) is 19.3 Å². The highest BCUT2D eigenvalue weighted by atomic mass is 16.2. The van der Waals surface area contributed by atoms with E-state index < -0.39 is 0 Å². The van der Waals surface area contributed by atoms with Crippen molar-refractivity contribution in [1.82, 2.24) is 5.32 Å². The second-order valence-electron chi connectivity index (χ2n) is 6.46. The van der Waals surface area contributed by atoms with Crippen molar-refractivity contribution in [2.75, 3.05) is 0 Å². The van der Waals surface area contributed by atoms with Crippen LogP contribution in [-0.4, -0.2) is 11.9 Å². The third-order valence-electron chi connectivity index (χ3n) is 4.51. The molecule has 0 rings (SSSR count). The van der Waals surface area contributed by atoms with E-state index in [-0.39, 0.29) is 11.3 Å². The molecule has 0 aromatic rings. The Balaban J connectivity index is 4.44. The van der Waals surface area contributed by atoms with E-state index in [4.69, 9.17) is 0 Å². The first-order chi connectivity index (χ1) is 8.26. The molecular weight excluding hydrogens is 222 g/mol. The third kappa shape index (κ3) is 4.62. The van der Waals surface area contributed by atoms with Crippen LogP contribution < -0.4 is 5.32 Å². The molecule has 0 heterocycles. The minimum Gasteiger partial charge on any atom is -0.353 e. The molecule has 0 aromatic heterocycles. The van der Waals surface area contributed by atoms with Crippen LogP contribution in [0, 0.1) is 17.3 Å². The topological polar surface area (TPSA) is 29.1 Å². The van der Waals surface area contributed by atoms with Gasteiger partial charge in [-0.1, -0.05) is 60.8 Å². The van der Waals surface area contributed by atoms with Crippen molar-refractivity contribution in [2.45, 2.75) is 80.2 Å². The van der Waals surface area contributed by atoms with Gasteiger partial charge in [0, 0.05) is 6.04 Å². The molecule has 0 saturated heterocycles. The molecule has 0 fully saturated rings. The van der Waals surface area contributed by atoms with Gasteiger partial charge in [0.2, 0.25) is 5.91 Å². The molecule has 2 heteroatoms. The molecule has 18 heavy (non-hydrogen) atoms. The molecule has 0 bridgehead atoms. The van der Waals surface area contributed by atoms with Gasteiger partial charge in [0.05, 0.1) is 5.41 Å². The van der Waals surface area contributed by atoms with Crippen LogP contribution in [0.4, 0.5) is 0 Å². The first-order valence-electron chi connectivity index (χ1n) is 7.57. The summed E-state index contributed by atoms with van der Waals surface area (Å²) in [6.45, 7) is 15.0. The first kappa shape index (κ1) is 17.5. The summed E-state index contributed by atoms with van der Waals surface area (Å²) in [7, 11) is 0. The van der Waals surface area contributed by atoms with Gasteiger partial charge >= 0.3 is 0 Å². The Labute approximate surface area is 114 Å². The van der Waals surface area contributed by atoms with Gasteiger partial charge in [0.25, 0.3) is 0 Å². The summed E-state index contributed by atoms with van der Waals surface area (Å²) in [4.78, 5) is 12.5. The van der Waals surface area contributed by atoms with Gasteiger partial charge in [0.1, 0.15) is 0 Å². The lowest BCUT2D eigenvalue weighted by Crippen LogP contribution is -2.48. The fourth-order valence-electron chi connectivity index (χ4n) is 2.34. The van der Waals surface area contributed by atoms with Crippen LogP contribution in [-0.2, 0) is 4.79 Å². The van der Waals surface area contributed by atoms with Crippen LogP contribution in [0.15, 0.2) is 0 Å². The van der Waals surface area contributed by atoms with Crippen molar-refractivity contribution in [2.24, 2.45) is 17.3 Å². The fraction of sp³-hybridized carbons (Fsp3) is 0.938. The van der Waals surface area contributed by atoms with Gasteiger partial charge in [-0.15, -0.1) is 0 Å². The number of rotatable bonds is 8. The number of carbonyl (C=O) groups is 1. The highest BCUT2D eigenvalue weighted by molar-refractivity contribution is 5.83. The maximum Gasteiger partial charge on any atom is 0.226 e. The number of unbranched alkanes of at least 4 members (excludes halogenated alkanes) is 2. The summed E-state index contributed by atoms with van der Waals surface area (Å²) in [6, 6.07) is 0.292.